The van der Waals surface area contributed by atoms with Crippen LogP contribution in [0.5, 0.6) is 0 Å². The first-order chi connectivity index (χ1) is 11.5. The number of aryl methyl sites for hydroxylation is 1. The molecule has 0 saturated carbocycles. The van der Waals surface area contributed by atoms with Crippen LogP contribution in [0.1, 0.15) is 22.3 Å². The van der Waals surface area contributed by atoms with Crippen molar-refractivity contribution in [2.75, 3.05) is 45.2 Å². The van der Waals surface area contributed by atoms with E-state index in [1.165, 1.54) is 0 Å². The third-order valence-electron chi connectivity index (χ3n) is 4.31. The van der Waals surface area contributed by atoms with E-state index in [1.54, 1.807) is 17.8 Å². The maximum absolute atomic E-state index is 12.8. The third kappa shape index (κ3) is 5.24. The zero-order chi connectivity index (χ0) is 17.5. The first-order valence-electron chi connectivity index (χ1n) is 8.35. The molecule has 2 amide bonds. The average Bonchev–Trinajstić information content (AvgIpc) is 2.58. The van der Waals surface area contributed by atoms with Crippen LogP contribution in [0.15, 0.2) is 24.3 Å². The van der Waals surface area contributed by atoms with Gasteiger partial charge in [0.2, 0.25) is 5.91 Å². The van der Waals surface area contributed by atoms with Crippen molar-refractivity contribution in [3.8, 4) is 0 Å². The highest BCUT2D eigenvalue weighted by molar-refractivity contribution is 7.98. The van der Waals surface area contributed by atoms with Gasteiger partial charge in [-0.05, 0) is 44.5 Å². The zero-order valence-corrected chi connectivity index (χ0v) is 15.6. The van der Waals surface area contributed by atoms with Crippen molar-refractivity contribution in [3.05, 3.63) is 35.4 Å². The van der Waals surface area contributed by atoms with Crippen LogP contribution in [0.25, 0.3) is 0 Å². The molecule has 0 aliphatic carbocycles. The Morgan fingerprint density at radius 1 is 1.25 bits per heavy atom. The van der Waals surface area contributed by atoms with Gasteiger partial charge in [0.05, 0.1) is 0 Å². The molecular weight excluding hydrogens is 322 g/mol. The van der Waals surface area contributed by atoms with Crippen molar-refractivity contribution >= 4 is 23.6 Å². The number of piperazine rings is 1. The summed E-state index contributed by atoms with van der Waals surface area (Å²) >= 11 is 1.69. The minimum atomic E-state index is -0.450. The number of hydrogen-bond acceptors (Lipinski definition) is 4. The summed E-state index contributed by atoms with van der Waals surface area (Å²) in [6.45, 7) is 5.17. The molecule has 5 nitrogen and oxygen atoms in total. The quantitative estimate of drug-likeness (QED) is 0.848. The summed E-state index contributed by atoms with van der Waals surface area (Å²) in [6, 6.07) is 7.00. The van der Waals surface area contributed by atoms with Crippen LogP contribution >= 0.6 is 11.8 Å². The fourth-order valence-electron chi connectivity index (χ4n) is 2.77. The average molecular weight is 350 g/mol. The molecule has 1 N–H and O–H groups in total. The summed E-state index contributed by atoms with van der Waals surface area (Å²) in [7, 11) is 2.06. The number of carbonyl (C=O) groups excluding carboxylic acids is 2. The number of nitrogens with one attached hydrogen (secondary N) is 1. The van der Waals surface area contributed by atoms with Gasteiger partial charge in [-0.25, -0.2) is 0 Å². The molecule has 6 heteroatoms. The van der Waals surface area contributed by atoms with Gasteiger partial charge in [0.15, 0.2) is 0 Å². The van der Waals surface area contributed by atoms with Crippen molar-refractivity contribution in [1.29, 1.82) is 0 Å². The molecule has 1 fully saturated rings. The Morgan fingerprint density at radius 3 is 2.58 bits per heavy atom. The smallest absolute Gasteiger partial charge is 0.251 e. The summed E-state index contributed by atoms with van der Waals surface area (Å²) in [5.41, 5.74) is 1.64. The highest BCUT2D eigenvalue weighted by atomic mass is 32.2. The summed E-state index contributed by atoms with van der Waals surface area (Å²) in [6.07, 6.45) is 2.67. The Morgan fingerprint density at radius 2 is 1.96 bits per heavy atom. The minimum Gasteiger partial charge on any atom is -0.340 e. The molecular formula is C18H27N3O2S. The fraction of sp³-hybridized carbons (Fsp3) is 0.556. The van der Waals surface area contributed by atoms with Crippen LogP contribution < -0.4 is 5.32 Å². The highest BCUT2D eigenvalue weighted by Crippen LogP contribution is 2.10. The molecule has 0 radical (unpaired) electrons. The van der Waals surface area contributed by atoms with Gasteiger partial charge in [0, 0.05) is 31.7 Å². The van der Waals surface area contributed by atoms with E-state index in [9.17, 15) is 9.59 Å². The van der Waals surface area contributed by atoms with Crippen molar-refractivity contribution in [3.63, 3.8) is 0 Å². The highest BCUT2D eigenvalue weighted by Gasteiger charge is 2.27. The van der Waals surface area contributed by atoms with E-state index in [4.69, 9.17) is 0 Å². The molecule has 0 spiro atoms. The Bertz CT molecular complexity index is 571. The van der Waals surface area contributed by atoms with Crippen LogP contribution in [-0.2, 0) is 4.79 Å². The minimum absolute atomic E-state index is 0.0400. The lowest BCUT2D eigenvalue weighted by Crippen LogP contribution is -2.54. The Balaban J connectivity index is 2.04. The normalized spacial score (nSPS) is 16.7. The second kappa shape index (κ2) is 9.08. The molecule has 0 bridgehead atoms. The Labute approximate surface area is 148 Å². The van der Waals surface area contributed by atoms with E-state index in [0.717, 1.165) is 37.5 Å². The Hall–Kier alpha value is -1.53. The van der Waals surface area contributed by atoms with Gasteiger partial charge in [-0.15, -0.1) is 0 Å². The number of amides is 2. The molecule has 1 aliphatic heterocycles. The summed E-state index contributed by atoms with van der Waals surface area (Å²) < 4.78 is 0. The molecule has 1 unspecified atom stereocenters. The second-order valence-electron chi connectivity index (χ2n) is 6.31. The topological polar surface area (TPSA) is 52.7 Å². The Kier molecular flexibility index (Phi) is 7.12. The summed E-state index contributed by atoms with van der Waals surface area (Å²) in [5.74, 6) is 0.712. The molecule has 1 aromatic rings. The van der Waals surface area contributed by atoms with Crippen LogP contribution in [0, 0.1) is 6.92 Å². The standard InChI is InChI=1S/C18H27N3O2S/c1-14-5-4-6-15(13-14)17(22)19-16(7-12-24-3)18(23)21-10-8-20(2)9-11-21/h4-6,13,16H,7-12H2,1-3H3,(H,19,22). The maximum atomic E-state index is 12.8. The van der Waals surface area contributed by atoms with Gasteiger partial charge < -0.3 is 15.1 Å². The molecule has 24 heavy (non-hydrogen) atoms. The molecule has 1 aromatic carbocycles. The van der Waals surface area contributed by atoms with E-state index in [2.05, 4.69) is 17.3 Å². The van der Waals surface area contributed by atoms with Gasteiger partial charge in [-0.1, -0.05) is 17.7 Å². The molecule has 0 aromatic heterocycles. The van der Waals surface area contributed by atoms with Crippen molar-refractivity contribution in [2.24, 2.45) is 0 Å². The number of hydrogen-bond donors (Lipinski definition) is 1. The lowest BCUT2D eigenvalue weighted by molar-refractivity contribution is -0.134. The van der Waals surface area contributed by atoms with Gasteiger partial charge in [-0.2, -0.15) is 11.8 Å². The number of benzene rings is 1. The lowest BCUT2D eigenvalue weighted by atomic mass is 10.1. The fourth-order valence-corrected chi connectivity index (χ4v) is 3.24. The molecule has 2 rings (SSSR count). The third-order valence-corrected chi connectivity index (χ3v) is 4.95. The van der Waals surface area contributed by atoms with Crippen LogP contribution in [0.4, 0.5) is 0 Å². The van der Waals surface area contributed by atoms with Gasteiger partial charge in [-0.3, -0.25) is 9.59 Å². The number of nitrogens with zero attached hydrogens (tertiary/aromatic N) is 2. The number of thioether (sulfide) groups is 1. The second-order valence-corrected chi connectivity index (χ2v) is 7.29. The van der Waals surface area contributed by atoms with Crippen LogP contribution in [0.3, 0.4) is 0 Å². The number of likely N-dealkylation sites (N-methyl/N-ethyl adjacent to an activating group) is 1. The molecule has 132 valence electrons. The van der Waals surface area contributed by atoms with E-state index in [0.29, 0.717) is 12.0 Å². The van der Waals surface area contributed by atoms with E-state index in [1.807, 2.05) is 36.3 Å². The molecule has 1 aliphatic rings. The van der Waals surface area contributed by atoms with Crippen molar-refractivity contribution < 1.29 is 9.59 Å². The van der Waals surface area contributed by atoms with Gasteiger partial charge >= 0.3 is 0 Å². The molecule has 1 heterocycles. The van der Waals surface area contributed by atoms with E-state index >= 15 is 0 Å². The number of rotatable bonds is 6. The maximum Gasteiger partial charge on any atom is 0.251 e. The van der Waals surface area contributed by atoms with Crippen LogP contribution in [0.2, 0.25) is 0 Å². The lowest BCUT2D eigenvalue weighted by Gasteiger charge is -2.34. The van der Waals surface area contributed by atoms with Crippen molar-refractivity contribution in [1.82, 2.24) is 15.1 Å². The zero-order valence-electron chi connectivity index (χ0n) is 14.7. The summed E-state index contributed by atoms with van der Waals surface area (Å²) in [5, 5.41) is 2.95. The van der Waals surface area contributed by atoms with Crippen LogP contribution in [-0.4, -0.2) is 72.9 Å². The predicted octanol–water partition coefficient (Wildman–Crippen LogP) is 1.62. The van der Waals surface area contributed by atoms with E-state index < -0.39 is 6.04 Å². The van der Waals surface area contributed by atoms with E-state index in [-0.39, 0.29) is 11.8 Å². The van der Waals surface area contributed by atoms with Crippen molar-refractivity contribution in [2.45, 2.75) is 19.4 Å². The molecule has 1 atom stereocenters. The predicted molar refractivity (Wildman–Crippen MR) is 99.5 cm³/mol. The van der Waals surface area contributed by atoms with Gasteiger partial charge in [0.25, 0.3) is 5.91 Å². The van der Waals surface area contributed by atoms with Gasteiger partial charge in [0.1, 0.15) is 6.04 Å². The summed E-state index contributed by atoms with van der Waals surface area (Å²) in [4.78, 5) is 29.4. The first kappa shape index (κ1) is 18.8. The SMILES string of the molecule is CSCCC(NC(=O)c1cccc(C)c1)C(=O)N1CCN(C)CC1. The number of carbonyl (C=O) groups is 2. The molecule has 1 saturated heterocycles. The monoisotopic (exact) mass is 349 g/mol. The first-order valence-corrected chi connectivity index (χ1v) is 9.74. The largest absolute Gasteiger partial charge is 0.340 e.